The molecular formula is C16H16N2OS. The Kier molecular flexibility index (Phi) is 4.04. The Balaban J connectivity index is 1.93. The third-order valence-corrected chi connectivity index (χ3v) is 4.30. The van der Waals surface area contributed by atoms with Gasteiger partial charge in [0.25, 0.3) is 0 Å². The molecule has 3 rings (SSSR count). The lowest BCUT2D eigenvalue weighted by atomic mass is 10.3. The highest BCUT2D eigenvalue weighted by atomic mass is 32.2. The van der Waals surface area contributed by atoms with Crippen molar-refractivity contribution in [3.63, 3.8) is 0 Å². The van der Waals surface area contributed by atoms with Gasteiger partial charge in [-0.05, 0) is 24.3 Å². The summed E-state index contributed by atoms with van der Waals surface area (Å²) in [5.74, 6) is 0. The molecule has 0 amide bonds. The Labute approximate surface area is 123 Å². The number of aliphatic imine (C=N–C) groups is 1. The lowest BCUT2D eigenvalue weighted by molar-refractivity contribution is 0.298. The Morgan fingerprint density at radius 1 is 1.05 bits per heavy atom. The summed E-state index contributed by atoms with van der Waals surface area (Å²) in [6, 6.07) is 20.1. The van der Waals surface area contributed by atoms with Gasteiger partial charge >= 0.3 is 0 Å². The maximum absolute atomic E-state index is 9.41. The number of benzene rings is 2. The van der Waals surface area contributed by atoms with E-state index >= 15 is 0 Å². The predicted octanol–water partition coefficient (Wildman–Crippen LogP) is 3.29. The Morgan fingerprint density at radius 3 is 2.35 bits per heavy atom. The van der Waals surface area contributed by atoms with Crippen LogP contribution in [0.2, 0.25) is 0 Å². The van der Waals surface area contributed by atoms with Crippen molar-refractivity contribution in [2.45, 2.75) is 5.25 Å². The number of nitrogens with zero attached hydrogens (tertiary/aromatic N) is 2. The van der Waals surface area contributed by atoms with Crippen LogP contribution in [0.5, 0.6) is 0 Å². The van der Waals surface area contributed by atoms with Gasteiger partial charge in [0, 0.05) is 12.2 Å². The van der Waals surface area contributed by atoms with Gasteiger partial charge in [-0.2, -0.15) is 0 Å². The van der Waals surface area contributed by atoms with Gasteiger partial charge < -0.3 is 10.0 Å². The van der Waals surface area contributed by atoms with Crippen LogP contribution in [0.1, 0.15) is 0 Å². The van der Waals surface area contributed by atoms with E-state index < -0.39 is 0 Å². The van der Waals surface area contributed by atoms with E-state index in [1.54, 1.807) is 11.8 Å². The van der Waals surface area contributed by atoms with Crippen molar-refractivity contribution in [1.82, 2.24) is 0 Å². The van der Waals surface area contributed by atoms with Crippen LogP contribution in [-0.4, -0.2) is 28.7 Å². The van der Waals surface area contributed by atoms with Gasteiger partial charge in [-0.3, -0.25) is 0 Å². The quantitative estimate of drug-likeness (QED) is 0.939. The first-order valence-corrected chi connectivity index (χ1v) is 7.48. The molecule has 1 atom stereocenters. The first kappa shape index (κ1) is 13.2. The molecule has 0 spiro atoms. The molecule has 1 unspecified atom stereocenters. The molecule has 1 fully saturated rings. The average molecular weight is 284 g/mol. The molecule has 4 heteroatoms. The maximum atomic E-state index is 9.41. The Morgan fingerprint density at radius 2 is 1.70 bits per heavy atom. The zero-order chi connectivity index (χ0) is 13.8. The van der Waals surface area contributed by atoms with Crippen LogP contribution in [-0.2, 0) is 0 Å². The molecule has 1 aliphatic rings. The average Bonchev–Trinajstić information content (AvgIpc) is 2.92. The zero-order valence-corrected chi connectivity index (χ0v) is 11.8. The molecule has 2 aromatic rings. The summed E-state index contributed by atoms with van der Waals surface area (Å²) in [5.41, 5.74) is 2.06. The molecule has 1 heterocycles. The van der Waals surface area contributed by atoms with Crippen molar-refractivity contribution in [1.29, 1.82) is 0 Å². The summed E-state index contributed by atoms with van der Waals surface area (Å²) in [6.07, 6.45) is 0. The van der Waals surface area contributed by atoms with Gasteiger partial charge in [-0.15, -0.1) is 0 Å². The molecular weight excluding hydrogens is 268 g/mol. The molecule has 0 aromatic heterocycles. The molecule has 20 heavy (non-hydrogen) atoms. The molecule has 102 valence electrons. The SMILES string of the molecule is OCC1CN(c2ccccc2)C(=Nc2ccccc2)S1. The van der Waals surface area contributed by atoms with Crippen molar-refractivity contribution < 1.29 is 5.11 Å². The molecule has 0 bridgehead atoms. The number of aliphatic hydroxyl groups is 1. The highest BCUT2D eigenvalue weighted by Gasteiger charge is 2.29. The summed E-state index contributed by atoms with van der Waals surface area (Å²) in [5, 5.41) is 10.5. The zero-order valence-electron chi connectivity index (χ0n) is 11.0. The summed E-state index contributed by atoms with van der Waals surface area (Å²) >= 11 is 1.63. The minimum Gasteiger partial charge on any atom is -0.395 e. The number of hydrogen-bond donors (Lipinski definition) is 1. The number of aliphatic hydroxyl groups excluding tert-OH is 1. The van der Waals surface area contributed by atoms with Crippen LogP contribution in [0.25, 0.3) is 0 Å². The van der Waals surface area contributed by atoms with E-state index in [0.717, 1.165) is 23.1 Å². The number of rotatable bonds is 3. The first-order chi connectivity index (χ1) is 9.86. The van der Waals surface area contributed by atoms with E-state index in [-0.39, 0.29) is 11.9 Å². The van der Waals surface area contributed by atoms with Crippen molar-refractivity contribution >= 4 is 28.3 Å². The highest BCUT2D eigenvalue weighted by Crippen LogP contribution is 2.32. The molecule has 1 N–H and O–H groups in total. The van der Waals surface area contributed by atoms with Gasteiger partial charge in [0.1, 0.15) is 0 Å². The number of amidine groups is 1. The standard InChI is InChI=1S/C16H16N2OS/c19-12-15-11-18(14-9-5-2-6-10-14)16(20-15)17-13-7-3-1-4-8-13/h1-10,15,19H,11-12H2. The van der Waals surface area contributed by atoms with Gasteiger partial charge in [-0.25, -0.2) is 4.99 Å². The fraction of sp³-hybridized carbons (Fsp3) is 0.188. The number of anilines is 1. The summed E-state index contributed by atoms with van der Waals surface area (Å²) in [4.78, 5) is 6.87. The lowest BCUT2D eigenvalue weighted by Crippen LogP contribution is -2.26. The van der Waals surface area contributed by atoms with Crippen LogP contribution in [0.3, 0.4) is 0 Å². The molecule has 0 aliphatic carbocycles. The van der Waals surface area contributed by atoms with Crippen molar-refractivity contribution in [2.75, 3.05) is 18.1 Å². The fourth-order valence-electron chi connectivity index (χ4n) is 2.15. The molecule has 0 saturated carbocycles. The monoisotopic (exact) mass is 284 g/mol. The van der Waals surface area contributed by atoms with E-state index in [1.165, 1.54) is 0 Å². The minimum atomic E-state index is 0.168. The number of para-hydroxylation sites is 2. The predicted molar refractivity (Wildman–Crippen MR) is 85.8 cm³/mol. The minimum absolute atomic E-state index is 0.168. The normalized spacial score (nSPS) is 20.6. The molecule has 1 aliphatic heterocycles. The van der Waals surface area contributed by atoms with E-state index in [0.29, 0.717) is 0 Å². The second-order valence-electron chi connectivity index (χ2n) is 4.60. The largest absolute Gasteiger partial charge is 0.395 e. The van der Waals surface area contributed by atoms with Crippen LogP contribution in [0.15, 0.2) is 65.7 Å². The second-order valence-corrected chi connectivity index (χ2v) is 5.87. The molecule has 3 nitrogen and oxygen atoms in total. The van der Waals surface area contributed by atoms with Crippen molar-refractivity contribution in [3.05, 3.63) is 60.7 Å². The Hall–Kier alpha value is -1.78. The van der Waals surface area contributed by atoms with Crippen LogP contribution >= 0.6 is 11.8 Å². The molecule has 2 aromatic carbocycles. The summed E-state index contributed by atoms with van der Waals surface area (Å²) < 4.78 is 0. The van der Waals surface area contributed by atoms with Gasteiger partial charge in [0.15, 0.2) is 5.17 Å². The smallest absolute Gasteiger partial charge is 0.169 e. The van der Waals surface area contributed by atoms with E-state index in [1.807, 2.05) is 48.5 Å². The van der Waals surface area contributed by atoms with Crippen LogP contribution in [0.4, 0.5) is 11.4 Å². The molecule has 0 radical (unpaired) electrons. The fourth-order valence-corrected chi connectivity index (χ4v) is 3.21. The van der Waals surface area contributed by atoms with Gasteiger partial charge in [0.2, 0.25) is 0 Å². The summed E-state index contributed by atoms with van der Waals surface area (Å²) in [7, 11) is 0. The van der Waals surface area contributed by atoms with Crippen LogP contribution in [0, 0.1) is 0 Å². The number of thioether (sulfide) groups is 1. The third kappa shape index (κ3) is 2.86. The van der Waals surface area contributed by atoms with Crippen molar-refractivity contribution in [2.24, 2.45) is 4.99 Å². The number of hydrogen-bond acceptors (Lipinski definition) is 3. The van der Waals surface area contributed by atoms with E-state index in [9.17, 15) is 5.11 Å². The summed E-state index contributed by atoms with van der Waals surface area (Å²) in [6.45, 7) is 0.957. The van der Waals surface area contributed by atoms with Gasteiger partial charge in [-0.1, -0.05) is 48.2 Å². The van der Waals surface area contributed by atoms with Crippen molar-refractivity contribution in [3.8, 4) is 0 Å². The van der Waals surface area contributed by atoms with E-state index in [2.05, 4.69) is 17.0 Å². The van der Waals surface area contributed by atoms with Gasteiger partial charge in [0.05, 0.1) is 17.5 Å². The Bertz CT molecular complexity index is 586. The highest BCUT2D eigenvalue weighted by molar-refractivity contribution is 8.15. The molecule has 1 saturated heterocycles. The topological polar surface area (TPSA) is 35.8 Å². The first-order valence-electron chi connectivity index (χ1n) is 6.60. The third-order valence-electron chi connectivity index (χ3n) is 3.14. The lowest BCUT2D eigenvalue weighted by Gasteiger charge is -2.18. The van der Waals surface area contributed by atoms with E-state index in [4.69, 9.17) is 4.99 Å². The van der Waals surface area contributed by atoms with Crippen LogP contribution < -0.4 is 4.90 Å². The second kappa shape index (κ2) is 6.11. The maximum Gasteiger partial charge on any atom is 0.169 e.